The first-order chi connectivity index (χ1) is 14.3. The van der Waals surface area contributed by atoms with Gasteiger partial charge in [-0.15, -0.1) is 0 Å². The van der Waals surface area contributed by atoms with Gasteiger partial charge in [0.2, 0.25) is 15.9 Å². The van der Waals surface area contributed by atoms with E-state index in [1.54, 1.807) is 43.3 Å². The van der Waals surface area contributed by atoms with Crippen LogP contribution in [0.3, 0.4) is 0 Å². The van der Waals surface area contributed by atoms with E-state index in [-0.39, 0.29) is 17.6 Å². The molecule has 6 nitrogen and oxygen atoms in total. The Bertz CT molecular complexity index is 988. The predicted octanol–water partition coefficient (Wildman–Crippen LogP) is 3.55. The molecule has 0 radical (unpaired) electrons. The van der Waals surface area contributed by atoms with Crippen LogP contribution in [0.5, 0.6) is 5.75 Å². The number of sulfonamides is 1. The lowest BCUT2D eigenvalue weighted by Gasteiger charge is -2.32. The van der Waals surface area contributed by atoms with Gasteiger partial charge in [0.1, 0.15) is 5.75 Å². The second kappa shape index (κ2) is 9.81. The SMILES string of the molecule is COc1ccccc1CN(C)C(=O)C1CCN(S(=O)(=O)Cc2ccccc2Cl)CC1. The van der Waals surface area contributed by atoms with Crippen LogP contribution in [0, 0.1) is 5.92 Å². The van der Waals surface area contributed by atoms with Crippen molar-refractivity contribution in [3.63, 3.8) is 0 Å². The molecular formula is C22H27ClN2O4S. The highest BCUT2D eigenvalue weighted by Crippen LogP contribution is 2.26. The molecule has 0 aliphatic carbocycles. The van der Waals surface area contributed by atoms with Gasteiger partial charge >= 0.3 is 0 Å². The lowest BCUT2D eigenvalue weighted by molar-refractivity contribution is -0.135. The molecule has 0 aromatic heterocycles. The Morgan fingerprint density at radius 1 is 1.10 bits per heavy atom. The van der Waals surface area contributed by atoms with Crippen molar-refractivity contribution in [1.29, 1.82) is 0 Å². The normalized spacial score (nSPS) is 15.7. The monoisotopic (exact) mass is 450 g/mol. The van der Waals surface area contributed by atoms with E-state index in [9.17, 15) is 13.2 Å². The first kappa shape index (κ1) is 22.6. The zero-order valence-corrected chi connectivity index (χ0v) is 18.8. The lowest BCUT2D eigenvalue weighted by atomic mass is 9.96. The number of piperidine rings is 1. The summed E-state index contributed by atoms with van der Waals surface area (Å²) in [7, 11) is -0.0947. The second-order valence-electron chi connectivity index (χ2n) is 7.53. The van der Waals surface area contributed by atoms with Crippen LogP contribution in [0.1, 0.15) is 24.0 Å². The molecule has 0 bridgehead atoms. The number of methoxy groups -OCH3 is 1. The quantitative estimate of drug-likeness (QED) is 0.647. The van der Waals surface area contributed by atoms with Crippen molar-refractivity contribution < 1.29 is 17.9 Å². The van der Waals surface area contributed by atoms with Crippen LogP contribution in [0.4, 0.5) is 0 Å². The molecule has 1 aliphatic rings. The maximum absolute atomic E-state index is 12.9. The topological polar surface area (TPSA) is 66.9 Å². The summed E-state index contributed by atoms with van der Waals surface area (Å²) >= 11 is 6.11. The minimum Gasteiger partial charge on any atom is -0.496 e. The first-order valence-corrected chi connectivity index (χ1v) is 11.9. The van der Waals surface area contributed by atoms with Crippen molar-refractivity contribution in [2.24, 2.45) is 5.92 Å². The summed E-state index contributed by atoms with van der Waals surface area (Å²) < 4.78 is 32.4. The number of carbonyl (C=O) groups excluding carboxylic acids is 1. The van der Waals surface area contributed by atoms with Crippen LogP contribution in [-0.2, 0) is 27.1 Å². The van der Waals surface area contributed by atoms with Crippen LogP contribution in [-0.4, -0.2) is 50.8 Å². The molecule has 1 saturated heterocycles. The molecule has 0 unspecified atom stereocenters. The van der Waals surface area contributed by atoms with Crippen LogP contribution >= 0.6 is 11.6 Å². The molecule has 0 saturated carbocycles. The van der Waals surface area contributed by atoms with E-state index < -0.39 is 10.0 Å². The number of para-hydroxylation sites is 1. The van der Waals surface area contributed by atoms with Crippen molar-refractivity contribution in [2.45, 2.75) is 25.1 Å². The van der Waals surface area contributed by atoms with Gasteiger partial charge in [-0.05, 0) is 30.5 Å². The Labute approximate surface area is 183 Å². The molecule has 1 aliphatic heterocycles. The number of carbonyl (C=O) groups is 1. The summed E-state index contributed by atoms with van der Waals surface area (Å²) in [6.45, 7) is 1.13. The van der Waals surface area contributed by atoms with E-state index in [2.05, 4.69) is 0 Å². The molecule has 162 valence electrons. The van der Waals surface area contributed by atoms with Gasteiger partial charge in [-0.25, -0.2) is 12.7 Å². The van der Waals surface area contributed by atoms with E-state index in [0.717, 1.165) is 11.3 Å². The van der Waals surface area contributed by atoms with Crippen LogP contribution in [0.25, 0.3) is 0 Å². The molecule has 0 spiro atoms. The van der Waals surface area contributed by atoms with Crippen molar-refractivity contribution >= 4 is 27.5 Å². The average molecular weight is 451 g/mol. The van der Waals surface area contributed by atoms with Gasteiger partial charge in [-0.1, -0.05) is 48.0 Å². The van der Waals surface area contributed by atoms with Gasteiger partial charge in [0.25, 0.3) is 0 Å². The molecule has 1 amide bonds. The highest BCUT2D eigenvalue weighted by atomic mass is 35.5. The first-order valence-electron chi connectivity index (χ1n) is 9.90. The minimum absolute atomic E-state index is 0.0315. The Hall–Kier alpha value is -2.09. The maximum atomic E-state index is 12.9. The highest BCUT2D eigenvalue weighted by Gasteiger charge is 2.32. The number of halogens is 1. The fourth-order valence-electron chi connectivity index (χ4n) is 3.76. The van der Waals surface area contributed by atoms with Gasteiger partial charge in [0, 0.05) is 43.2 Å². The van der Waals surface area contributed by atoms with Crippen molar-refractivity contribution in [3.05, 3.63) is 64.7 Å². The summed E-state index contributed by atoms with van der Waals surface area (Å²) in [6, 6.07) is 14.6. The molecular weight excluding hydrogens is 424 g/mol. The fraction of sp³-hybridized carbons (Fsp3) is 0.409. The predicted molar refractivity (Wildman–Crippen MR) is 118 cm³/mol. The molecule has 2 aromatic rings. The van der Waals surface area contributed by atoms with Crippen LogP contribution < -0.4 is 4.74 Å². The number of benzene rings is 2. The Balaban J connectivity index is 1.58. The summed E-state index contributed by atoms with van der Waals surface area (Å²) in [6.07, 6.45) is 1.02. The average Bonchev–Trinajstić information content (AvgIpc) is 2.75. The molecule has 30 heavy (non-hydrogen) atoms. The molecule has 8 heteroatoms. The molecule has 1 fully saturated rings. The maximum Gasteiger partial charge on any atom is 0.225 e. The number of nitrogens with zero attached hydrogens (tertiary/aromatic N) is 2. The Morgan fingerprint density at radius 3 is 2.33 bits per heavy atom. The van der Waals surface area contributed by atoms with E-state index in [0.29, 0.717) is 43.1 Å². The summed E-state index contributed by atoms with van der Waals surface area (Å²) in [5, 5.41) is 0.448. The van der Waals surface area contributed by atoms with E-state index in [1.165, 1.54) is 4.31 Å². The van der Waals surface area contributed by atoms with Gasteiger partial charge in [0.15, 0.2) is 0 Å². The van der Waals surface area contributed by atoms with Gasteiger partial charge < -0.3 is 9.64 Å². The van der Waals surface area contributed by atoms with Gasteiger partial charge in [0.05, 0.1) is 12.9 Å². The summed E-state index contributed by atoms with van der Waals surface area (Å²) in [5.74, 6) is 0.470. The minimum atomic E-state index is -3.48. The standard InChI is InChI=1S/C22H27ClN2O4S/c1-24(15-18-7-4-6-10-21(18)29-2)22(26)17-11-13-25(14-12-17)30(27,28)16-19-8-3-5-9-20(19)23/h3-10,17H,11-16H2,1-2H3. The molecule has 1 heterocycles. The number of amides is 1. The van der Waals surface area contributed by atoms with Crippen LogP contribution in [0.15, 0.2) is 48.5 Å². The largest absolute Gasteiger partial charge is 0.496 e. The third-order valence-corrected chi connectivity index (χ3v) is 7.67. The Morgan fingerprint density at radius 2 is 1.70 bits per heavy atom. The second-order valence-corrected chi connectivity index (χ2v) is 9.90. The van der Waals surface area contributed by atoms with E-state index in [4.69, 9.17) is 16.3 Å². The van der Waals surface area contributed by atoms with Crippen molar-refractivity contribution in [2.75, 3.05) is 27.2 Å². The van der Waals surface area contributed by atoms with Crippen LogP contribution in [0.2, 0.25) is 5.02 Å². The van der Waals surface area contributed by atoms with Crippen molar-refractivity contribution in [1.82, 2.24) is 9.21 Å². The van der Waals surface area contributed by atoms with E-state index in [1.807, 2.05) is 24.3 Å². The summed E-state index contributed by atoms with van der Waals surface area (Å²) in [5.41, 5.74) is 1.53. The smallest absolute Gasteiger partial charge is 0.225 e. The number of rotatable bonds is 7. The van der Waals surface area contributed by atoms with Gasteiger partial charge in [-0.2, -0.15) is 0 Å². The number of ether oxygens (including phenoxy) is 1. The number of hydrogen-bond acceptors (Lipinski definition) is 4. The fourth-order valence-corrected chi connectivity index (χ4v) is 5.64. The van der Waals surface area contributed by atoms with Crippen molar-refractivity contribution in [3.8, 4) is 5.75 Å². The third-order valence-electron chi connectivity index (χ3n) is 5.47. The molecule has 0 atom stereocenters. The zero-order chi connectivity index (χ0) is 21.7. The number of hydrogen-bond donors (Lipinski definition) is 0. The Kier molecular flexibility index (Phi) is 7.39. The lowest BCUT2D eigenvalue weighted by Crippen LogP contribution is -2.43. The molecule has 3 rings (SSSR count). The molecule has 0 N–H and O–H groups in total. The third kappa shape index (κ3) is 5.33. The van der Waals surface area contributed by atoms with Gasteiger partial charge in [-0.3, -0.25) is 4.79 Å². The summed E-state index contributed by atoms with van der Waals surface area (Å²) in [4.78, 5) is 14.6. The zero-order valence-electron chi connectivity index (χ0n) is 17.3. The van der Waals surface area contributed by atoms with E-state index >= 15 is 0 Å². The molecule has 2 aromatic carbocycles. The highest BCUT2D eigenvalue weighted by molar-refractivity contribution is 7.88.